The normalized spacial score (nSPS) is 11.3. The first kappa shape index (κ1) is 19.5. The van der Waals surface area contributed by atoms with Gasteiger partial charge in [0.05, 0.1) is 0 Å². The van der Waals surface area contributed by atoms with Crippen molar-refractivity contribution in [3.63, 3.8) is 0 Å². The number of aryl methyl sites for hydroxylation is 1. The maximum absolute atomic E-state index is 12.0. The smallest absolute Gasteiger partial charge is 0.410 e. The SMILES string of the molecule is CCN(CCCNCCCc1ccccc1)C(=O)OC(C)(C)C. The average molecular weight is 320 g/mol. The van der Waals surface area contributed by atoms with Crippen LogP contribution < -0.4 is 5.32 Å². The Morgan fingerprint density at radius 2 is 1.78 bits per heavy atom. The molecule has 130 valence electrons. The minimum absolute atomic E-state index is 0.218. The minimum Gasteiger partial charge on any atom is -0.444 e. The van der Waals surface area contributed by atoms with Crippen LogP contribution in [0.2, 0.25) is 0 Å². The third-order valence-electron chi connectivity index (χ3n) is 3.48. The summed E-state index contributed by atoms with van der Waals surface area (Å²) in [6.45, 7) is 11.0. The van der Waals surface area contributed by atoms with Gasteiger partial charge < -0.3 is 15.0 Å². The number of nitrogens with one attached hydrogen (secondary N) is 1. The van der Waals surface area contributed by atoms with Crippen LogP contribution in [-0.2, 0) is 11.2 Å². The zero-order valence-electron chi connectivity index (χ0n) is 15.1. The molecule has 0 aliphatic rings. The van der Waals surface area contributed by atoms with Gasteiger partial charge in [0.1, 0.15) is 5.60 Å². The number of hydrogen-bond donors (Lipinski definition) is 1. The standard InChI is InChI=1S/C19H32N2O2/c1-5-21(18(22)23-19(2,3)4)16-10-15-20-14-9-13-17-11-7-6-8-12-17/h6-8,11-12,20H,5,9-10,13-16H2,1-4H3. The number of ether oxygens (including phenoxy) is 1. The van der Waals surface area contributed by atoms with E-state index in [1.54, 1.807) is 4.90 Å². The Morgan fingerprint density at radius 1 is 1.13 bits per heavy atom. The molecule has 0 bridgehead atoms. The average Bonchev–Trinajstić information content (AvgIpc) is 2.49. The molecule has 0 aromatic heterocycles. The minimum atomic E-state index is -0.430. The van der Waals surface area contributed by atoms with E-state index in [-0.39, 0.29) is 6.09 Å². The van der Waals surface area contributed by atoms with Crippen molar-refractivity contribution in [2.45, 2.75) is 52.6 Å². The highest BCUT2D eigenvalue weighted by Gasteiger charge is 2.20. The van der Waals surface area contributed by atoms with Gasteiger partial charge in [0.25, 0.3) is 0 Å². The summed E-state index contributed by atoms with van der Waals surface area (Å²) in [6, 6.07) is 10.5. The lowest BCUT2D eigenvalue weighted by atomic mass is 10.1. The maximum atomic E-state index is 12.0. The first-order chi connectivity index (χ1) is 10.9. The lowest BCUT2D eigenvalue weighted by molar-refractivity contribution is 0.0258. The fourth-order valence-corrected chi connectivity index (χ4v) is 2.29. The highest BCUT2D eigenvalue weighted by molar-refractivity contribution is 5.68. The van der Waals surface area contributed by atoms with Crippen LogP contribution in [-0.4, -0.2) is 42.8 Å². The second kappa shape index (κ2) is 10.3. The van der Waals surface area contributed by atoms with Gasteiger partial charge in [-0.1, -0.05) is 30.3 Å². The third kappa shape index (κ3) is 9.24. The van der Waals surface area contributed by atoms with Crippen LogP contribution in [0.5, 0.6) is 0 Å². The molecule has 0 saturated heterocycles. The Balaban J connectivity index is 2.09. The number of benzene rings is 1. The molecule has 4 nitrogen and oxygen atoms in total. The molecule has 0 atom stereocenters. The molecule has 1 aromatic rings. The quantitative estimate of drug-likeness (QED) is 0.703. The maximum Gasteiger partial charge on any atom is 0.410 e. The zero-order valence-corrected chi connectivity index (χ0v) is 15.1. The first-order valence-electron chi connectivity index (χ1n) is 8.65. The Morgan fingerprint density at radius 3 is 2.39 bits per heavy atom. The molecular formula is C19H32N2O2. The van der Waals surface area contributed by atoms with Gasteiger partial charge in [-0.25, -0.2) is 4.79 Å². The molecule has 0 spiro atoms. The summed E-state index contributed by atoms with van der Waals surface area (Å²) in [4.78, 5) is 13.8. The zero-order chi connectivity index (χ0) is 17.1. The first-order valence-corrected chi connectivity index (χ1v) is 8.65. The molecule has 1 rings (SSSR count). The number of hydrogen-bond acceptors (Lipinski definition) is 3. The molecular weight excluding hydrogens is 288 g/mol. The van der Waals surface area contributed by atoms with Crippen LogP contribution in [0.4, 0.5) is 4.79 Å². The highest BCUT2D eigenvalue weighted by atomic mass is 16.6. The lowest BCUT2D eigenvalue weighted by Gasteiger charge is -2.26. The van der Waals surface area contributed by atoms with Gasteiger partial charge >= 0.3 is 6.09 Å². The number of nitrogens with zero attached hydrogens (tertiary/aromatic N) is 1. The van der Waals surface area contributed by atoms with E-state index >= 15 is 0 Å². The van der Waals surface area contributed by atoms with Crippen molar-refractivity contribution in [2.24, 2.45) is 0 Å². The predicted octanol–water partition coefficient (Wildman–Crippen LogP) is 3.86. The number of carbonyl (C=O) groups is 1. The van der Waals surface area contributed by atoms with E-state index in [0.29, 0.717) is 6.54 Å². The van der Waals surface area contributed by atoms with E-state index < -0.39 is 5.60 Å². The predicted molar refractivity (Wildman–Crippen MR) is 95.7 cm³/mol. The molecule has 4 heteroatoms. The summed E-state index contributed by atoms with van der Waals surface area (Å²) in [5, 5.41) is 3.44. The van der Waals surface area contributed by atoms with Gasteiger partial charge in [-0.3, -0.25) is 0 Å². The van der Waals surface area contributed by atoms with Gasteiger partial charge in [0.15, 0.2) is 0 Å². The van der Waals surface area contributed by atoms with Crippen molar-refractivity contribution in [3.05, 3.63) is 35.9 Å². The summed E-state index contributed by atoms with van der Waals surface area (Å²) in [5.74, 6) is 0. The van der Waals surface area contributed by atoms with Gasteiger partial charge in [-0.05, 0) is 65.6 Å². The highest BCUT2D eigenvalue weighted by Crippen LogP contribution is 2.10. The van der Waals surface area contributed by atoms with Gasteiger partial charge in [-0.15, -0.1) is 0 Å². The van der Waals surface area contributed by atoms with Crippen molar-refractivity contribution < 1.29 is 9.53 Å². The van der Waals surface area contributed by atoms with Crippen LogP contribution in [0.1, 0.15) is 46.1 Å². The lowest BCUT2D eigenvalue weighted by Crippen LogP contribution is -2.38. The van der Waals surface area contributed by atoms with Crippen molar-refractivity contribution >= 4 is 6.09 Å². The van der Waals surface area contributed by atoms with Crippen LogP contribution in [0, 0.1) is 0 Å². The fourth-order valence-electron chi connectivity index (χ4n) is 2.29. The van der Waals surface area contributed by atoms with Crippen molar-refractivity contribution in [1.82, 2.24) is 10.2 Å². The Labute approximate surface area is 141 Å². The molecule has 0 heterocycles. The molecule has 0 unspecified atom stereocenters. The van der Waals surface area contributed by atoms with Crippen LogP contribution >= 0.6 is 0 Å². The summed E-state index contributed by atoms with van der Waals surface area (Å²) in [6.07, 6.45) is 2.96. The molecule has 0 radical (unpaired) electrons. The molecule has 0 saturated carbocycles. The van der Waals surface area contributed by atoms with E-state index in [4.69, 9.17) is 4.74 Å². The molecule has 1 amide bonds. The Hall–Kier alpha value is -1.55. The molecule has 1 N–H and O–H groups in total. The molecule has 1 aromatic carbocycles. The van der Waals surface area contributed by atoms with Crippen LogP contribution in [0.15, 0.2) is 30.3 Å². The topological polar surface area (TPSA) is 41.6 Å². The number of carbonyl (C=O) groups excluding carboxylic acids is 1. The van der Waals surface area contributed by atoms with E-state index in [1.807, 2.05) is 33.8 Å². The van der Waals surface area contributed by atoms with Crippen molar-refractivity contribution in [3.8, 4) is 0 Å². The largest absolute Gasteiger partial charge is 0.444 e. The Kier molecular flexibility index (Phi) is 8.70. The third-order valence-corrected chi connectivity index (χ3v) is 3.48. The van der Waals surface area contributed by atoms with E-state index in [2.05, 4.69) is 29.6 Å². The molecule has 23 heavy (non-hydrogen) atoms. The molecule has 0 fully saturated rings. The van der Waals surface area contributed by atoms with Gasteiger partial charge in [0.2, 0.25) is 0 Å². The van der Waals surface area contributed by atoms with Gasteiger partial charge in [0, 0.05) is 13.1 Å². The van der Waals surface area contributed by atoms with E-state index in [9.17, 15) is 4.79 Å². The van der Waals surface area contributed by atoms with Crippen LogP contribution in [0.3, 0.4) is 0 Å². The fraction of sp³-hybridized carbons (Fsp3) is 0.632. The Bertz CT molecular complexity index is 440. The van der Waals surface area contributed by atoms with E-state index in [1.165, 1.54) is 5.56 Å². The monoisotopic (exact) mass is 320 g/mol. The van der Waals surface area contributed by atoms with Gasteiger partial charge in [-0.2, -0.15) is 0 Å². The number of rotatable bonds is 9. The van der Waals surface area contributed by atoms with Crippen molar-refractivity contribution in [1.29, 1.82) is 0 Å². The summed E-state index contributed by atoms with van der Waals surface area (Å²) in [7, 11) is 0. The second-order valence-electron chi connectivity index (χ2n) is 6.75. The second-order valence-corrected chi connectivity index (χ2v) is 6.75. The summed E-state index contributed by atoms with van der Waals surface area (Å²) < 4.78 is 5.40. The van der Waals surface area contributed by atoms with E-state index in [0.717, 1.165) is 38.9 Å². The summed E-state index contributed by atoms with van der Waals surface area (Å²) >= 11 is 0. The summed E-state index contributed by atoms with van der Waals surface area (Å²) in [5.41, 5.74) is 0.955. The number of amides is 1. The molecule has 0 aliphatic carbocycles. The van der Waals surface area contributed by atoms with Crippen molar-refractivity contribution in [2.75, 3.05) is 26.2 Å². The van der Waals surface area contributed by atoms with Crippen LogP contribution in [0.25, 0.3) is 0 Å². The molecule has 0 aliphatic heterocycles.